The van der Waals surface area contributed by atoms with E-state index in [2.05, 4.69) is 15.2 Å². The molecule has 0 aliphatic carbocycles. The minimum Gasteiger partial charge on any atom is -0.497 e. The van der Waals surface area contributed by atoms with Crippen LogP contribution in [0.15, 0.2) is 48.7 Å². The van der Waals surface area contributed by atoms with Gasteiger partial charge >= 0.3 is 6.18 Å². The summed E-state index contributed by atoms with van der Waals surface area (Å²) in [5, 5.41) is 2.84. The van der Waals surface area contributed by atoms with E-state index in [1.54, 1.807) is 4.90 Å². The Morgan fingerprint density at radius 2 is 1.76 bits per heavy atom. The maximum Gasteiger partial charge on any atom is 0.421 e. The summed E-state index contributed by atoms with van der Waals surface area (Å²) in [6.07, 6.45) is -1.90. The van der Waals surface area contributed by atoms with Crippen molar-refractivity contribution >= 4 is 34.9 Å². The van der Waals surface area contributed by atoms with Gasteiger partial charge in [-0.1, -0.05) is 11.6 Å². The van der Waals surface area contributed by atoms with Crippen LogP contribution in [0, 0.1) is 11.6 Å². The molecule has 2 aromatic carbocycles. The first kappa shape index (κ1) is 31.0. The number of carbonyl (C=O) groups is 2. The van der Waals surface area contributed by atoms with Gasteiger partial charge in [-0.15, -0.1) is 0 Å². The van der Waals surface area contributed by atoms with Crippen molar-refractivity contribution in [3.8, 4) is 5.75 Å². The van der Waals surface area contributed by atoms with Crippen molar-refractivity contribution < 1.29 is 36.3 Å². The average Bonchev–Trinajstić information content (AvgIpc) is 3.60. The average molecular weight is 650 g/mol. The van der Waals surface area contributed by atoms with E-state index in [0.29, 0.717) is 24.7 Å². The van der Waals surface area contributed by atoms with Crippen LogP contribution in [-0.4, -0.2) is 73.6 Å². The summed E-state index contributed by atoms with van der Waals surface area (Å²) in [5.74, 6) is -6.16. The summed E-state index contributed by atoms with van der Waals surface area (Å²) in [7, 11) is 1.22. The largest absolute Gasteiger partial charge is 0.497 e. The number of methoxy groups -OCH3 is 1. The number of rotatable bonds is 6. The number of anilines is 2. The second kappa shape index (κ2) is 12.1. The molecule has 1 aromatic heterocycles. The number of hydrogen-bond donors (Lipinski definition) is 1. The molecule has 45 heavy (non-hydrogen) atoms. The number of aromatic nitrogens is 1. The summed E-state index contributed by atoms with van der Waals surface area (Å²) >= 11 is 5.92. The topological polar surface area (TPSA) is 78.0 Å². The molecule has 3 aliphatic rings. The Bertz CT molecular complexity index is 1600. The highest BCUT2D eigenvalue weighted by atomic mass is 35.5. The Morgan fingerprint density at radius 1 is 1.04 bits per heavy atom. The molecular formula is C31H29ClF5N5O3. The molecule has 0 bridgehead atoms. The number of nitrogens with one attached hydrogen (secondary N) is 1. The van der Waals surface area contributed by atoms with Crippen LogP contribution >= 0.6 is 11.6 Å². The summed E-state index contributed by atoms with van der Waals surface area (Å²) in [5.41, 5.74) is -1.74. The van der Waals surface area contributed by atoms with Gasteiger partial charge in [0.1, 0.15) is 34.8 Å². The molecule has 3 aliphatic heterocycles. The first-order valence-electron chi connectivity index (χ1n) is 14.4. The maximum atomic E-state index is 15.4. The molecule has 3 aromatic rings. The van der Waals surface area contributed by atoms with Gasteiger partial charge in [-0.2, -0.15) is 13.2 Å². The van der Waals surface area contributed by atoms with Crippen molar-refractivity contribution in [3.63, 3.8) is 0 Å². The molecule has 0 spiro atoms. The SMILES string of the molecule is COc1cc(F)c([C@@H]2CN(c3nccc(N4CCN5CCCC5C4)c3C(F)(F)F)C(=O)[C@H]2NC(=O)c2ccc(Cl)cc2)c(F)c1. The molecule has 3 saturated heterocycles. The molecule has 0 saturated carbocycles. The van der Waals surface area contributed by atoms with Gasteiger partial charge in [-0.3, -0.25) is 19.4 Å². The quantitative estimate of drug-likeness (QED) is 0.368. The predicted molar refractivity (Wildman–Crippen MR) is 157 cm³/mol. The Kier molecular flexibility index (Phi) is 8.33. The Balaban J connectivity index is 1.41. The zero-order valence-electron chi connectivity index (χ0n) is 24.1. The van der Waals surface area contributed by atoms with Gasteiger partial charge in [-0.05, 0) is 49.7 Å². The highest BCUT2D eigenvalue weighted by molar-refractivity contribution is 6.30. The standard InChI is InChI=1S/C31H29ClF5N5O3/c1-45-20-13-22(33)25(23(34)14-20)21-16-42(30(44)27(21)39-29(43)17-4-6-18(32)7-5-17)28-26(31(35,36)37)24(8-9-38-28)41-12-11-40-10-2-3-19(40)15-41/h4-9,13-14,19,21,27H,2-3,10-12,15-16H2,1H3,(H,39,43)/t19?,21-,27-/m0/s1. The Hall–Kier alpha value is -3.97. The monoisotopic (exact) mass is 649 g/mol. The number of nitrogens with zero attached hydrogens (tertiary/aromatic N) is 4. The third-order valence-corrected chi connectivity index (χ3v) is 8.99. The van der Waals surface area contributed by atoms with Gasteiger partial charge in [0.2, 0.25) is 0 Å². The van der Waals surface area contributed by atoms with Crippen molar-refractivity contribution in [3.05, 3.63) is 82.0 Å². The lowest BCUT2D eigenvalue weighted by atomic mass is 9.92. The summed E-state index contributed by atoms with van der Waals surface area (Å²) in [6, 6.07) is 7.23. The number of halogens is 6. The lowest BCUT2D eigenvalue weighted by molar-refractivity contribution is -0.137. The summed E-state index contributed by atoms with van der Waals surface area (Å²) in [6.45, 7) is 1.64. The predicted octanol–water partition coefficient (Wildman–Crippen LogP) is 5.25. The van der Waals surface area contributed by atoms with Gasteiger partial charge < -0.3 is 15.0 Å². The lowest BCUT2D eigenvalue weighted by Gasteiger charge is -2.40. The second-order valence-corrected chi connectivity index (χ2v) is 11.8. The molecule has 2 amide bonds. The maximum absolute atomic E-state index is 15.4. The minimum atomic E-state index is -4.93. The van der Waals surface area contributed by atoms with Crippen LogP contribution in [0.3, 0.4) is 0 Å². The van der Waals surface area contributed by atoms with Crippen LogP contribution in [0.25, 0.3) is 0 Å². The van der Waals surface area contributed by atoms with E-state index in [1.807, 2.05) is 0 Å². The first-order valence-corrected chi connectivity index (χ1v) is 14.8. The van der Waals surface area contributed by atoms with E-state index < -0.39 is 65.1 Å². The molecule has 3 atom stereocenters. The van der Waals surface area contributed by atoms with E-state index in [1.165, 1.54) is 43.6 Å². The van der Waals surface area contributed by atoms with E-state index in [4.69, 9.17) is 16.3 Å². The molecule has 1 unspecified atom stereocenters. The number of benzene rings is 2. The van der Waals surface area contributed by atoms with Gasteiger partial charge in [-0.25, -0.2) is 13.8 Å². The molecule has 3 fully saturated rings. The third kappa shape index (κ3) is 5.90. The number of alkyl halides is 3. The molecule has 238 valence electrons. The number of carbonyl (C=O) groups excluding carboxylic acids is 2. The molecule has 0 radical (unpaired) electrons. The molecule has 1 N–H and O–H groups in total. The van der Waals surface area contributed by atoms with Crippen molar-refractivity contribution in [2.24, 2.45) is 0 Å². The molecule has 6 rings (SSSR count). The summed E-state index contributed by atoms with van der Waals surface area (Å²) in [4.78, 5) is 35.8. The van der Waals surface area contributed by atoms with Crippen LogP contribution in [0.4, 0.5) is 33.5 Å². The number of ether oxygens (including phenoxy) is 1. The third-order valence-electron chi connectivity index (χ3n) is 8.74. The lowest BCUT2D eigenvalue weighted by Crippen LogP contribution is -2.50. The van der Waals surface area contributed by atoms with Gasteiger partial charge in [0.05, 0.1) is 12.8 Å². The fourth-order valence-corrected chi connectivity index (χ4v) is 6.72. The second-order valence-electron chi connectivity index (χ2n) is 11.3. The zero-order chi connectivity index (χ0) is 32.0. The van der Waals surface area contributed by atoms with Crippen LogP contribution in [0.2, 0.25) is 5.02 Å². The van der Waals surface area contributed by atoms with E-state index in [0.717, 1.165) is 36.4 Å². The van der Waals surface area contributed by atoms with E-state index in [9.17, 15) is 22.8 Å². The number of amides is 2. The highest BCUT2D eigenvalue weighted by Gasteiger charge is 2.49. The van der Waals surface area contributed by atoms with Crippen molar-refractivity contribution in [1.29, 1.82) is 0 Å². The smallest absolute Gasteiger partial charge is 0.421 e. The molecule has 4 heterocycles. The molecule has 14 heteroatoms. The number of fused-ring (bicyclic) bond motifs is 1. The van der Waals surface area contributed by atoms with Crippen LogP contribution < -0.4 is 19.9 Å². The molecular weight excluding hydrogens is 621 g/mol. The number of hydrogen-bond acceptors (Lipinski definition) is 6. The van der Waals surface area contributed by atoms with Crippen molar-refractivity contribution in [2.75, 3.05) is 49.6 Å². The number of pyridine rings is 1. The molecule has 8 nitrogen and oxygen atoms in total. The minimum absolute atomic E-state index is 0.0854. The summed E-state index contributed by atoms with van der Waals surface area (Å²) < 4.78 is 80.3. The van der Waals surface area contributed by atoms with Crippen molar-refractivity contribution in [1.82, 2.24) is 15.2 Å². The van der Waals surface area contributed by atoms with E-state index in [-0.39, 0.29) is 23.0 Å². The van der Waals surface area contributed by atoms with Crippen molar-refractivity contribution in [2.45, 2.75) is 37.0 Å². The normalized spacial score (nSPS) is 22.1. The Morgan fingerprint density at radius 3 is 2.42 bits per heavy atom. The van der Waals surface area contributed by atoms with Crippen LogP contribution in [0.5, 0.6) is 5.75 Å². The van der Waals surface area contributed by atoms with Gasteiger partial charge in [0.25, 0.3) is 11.8 Å². The van der Waals surface area contributed by atoms with Gasteiger partial charge in [0, 0.05) is 72.6 Å². The zero-order valence-corrected chi connectivity index (χ0v) is 24.8. The van der Waals surface area contributed by atoms with Gasteiger partial charge in [0.15, 0.2) is 0 Å². The first-order chi connectivity index (χ1) is 21.5. The fraction of sp³-hybridized carbons (Fsp3) is 0.387. The van der Waals surface area contributed by atoms with E-state index >= 15 is 8.78 Å². The number of piperazine rings is 1. The fourth-order valence-electron chi connectivity index (χ4n) is 6.59. The highest BCUT2D eigenvalue weighted by Crippen LogP contribution is 2.45. The van der Waals surface area contributed by atoms with Crippen LogP contribution in [-0.2, 0) is 11.0 Å². The van der Waals surface area contributed by atoms with Crippen LogP contribution in [0.1, 0.15) is 40.2 Å². The Labute approximate surface area is 260 Å².